The maximum Gasteiger partial charge on any atom is 0.404 e. The van der Waals surface area contributed by atoms with Crippen LogP contribution in [0.3, 0.4) is 0 Å². The molecule has 1 aliphatic rings. The van der Waals surface area contributed by atoms with E-state index in [1.54, 1.807) is 7.11 Å². The third-order valence-electron chi connectivity index (χ3n) is 3.66. The molecule has 0 bridgehead atoms. The third-order valence-corrected chi connectivity index (χ3v) is 3.66. The highest BCUT2D eigenvalue weighted by molar-refractivity contribution is 5.65. The Bertz CT molecular complexity index is 427. The molecule has 0 aromatic heterocycles. The van der Waals surface area contributed by atoms with Gasteiger partial charge in [-0.3, -0.25) is 4.90 Å². The van der Waals surface area contributed by atoms with E-state index in [4.69, 9.17) is 9.84 Å². The van der Waals surface area contributed by atoms with Crippen LogP contribution in [0.15, 0.2) is 24.3 Å². The molecule has 1 saturated carbocycles. The van der Waals surface area contributed by atoms with Crippen LogP contribution in [0.4, 0.5) is 4.79 Å². The molecule has 0 heterocycles. The van der Waals surface area contributed by atoms with Crippen molar-refractivity contribution in [3.8, 4) is 5.75 Å². The summed E-state index contributed by atoms with van der Waals surface area (Å²) in [6, 6.07) is 8.60. The van der Waals surface area contributed by atoms with Gasteiger partial charge in [-0.15, -0.1) is 0 Å². The smallest absolute Gasteiger partial charge is 0.404 e. The van der Waals surface area contributed by atoms with E-state index in [2.05, 4.69) is 29.4 Å². The molecule has 19 heavy (non-hydrogen) atoms. The number of hydrogen-bond acceptors (Lipinski definition) is 3. The van der Waals surface area contributed by atoms with Gasteiger partial charge in [0.25, 0.3) is 0 Å². The maximum atomic E-state index is 10.5. The Labute approximate surface area is 113 Å². The number of nitrogens with zero attached hydrogens (tertiary/aromatic N) is 1. The molecule has 0 atom stereocenters. The van der Waals surface area contributed by atoms with E-state index >= 15 is 0 Å². The van der Waals surface area contributed by atoms with Crippen LogP contribution < -0.4 is 10.1 Å². The van der Waals surface area contributed by atoms with Gasteiger partial charge in [-0.25, -0.2) is 4.79 Å². The Morgan fingerprint density at radius 1 is 1.42 bits per heavy atom. The van der Waals surface area contributed by atoms with E-state index in [1.165, 1.54) is 5.56 Å². The highest BCUT2D eigenvalue weighted by Gasteiger charge is 2.32. The number of hydrogen-bond donors (Lipinski definition) is 2. The van der Waals surface area contributed by atoms with Gasteiger partial charge in [0.2, 0.25) is 0 Å². The number of benzene rings is 1. The summed E-state index contributed by atoms with van der Waals surface area (Å²) in [6.45, 7) is 0.869. The Kier molecular flexibility index (Phi) is 4.27. The van der Waals surface area contributed by atoms with E-state index in [0.717, 1.165) is 25.1 Å². The molecule has 0 radical (unpaired) electrons. The van der Waals surface area contributed by atoms with Crippen molar-refractivity contribution >= 4 is 6.09 Å². The van der Waals surface area contributed by atoms with Gasteiger partial charge in [-0.2, -0.15) is 0 Å². The second-order valence-corrected chi connectivity index (χ2v) is 5.03. The van der Waals surface area contributed by atoms with Gasteiger partial charge in [0.15, 0.2) is 0 Å². The molecule has 1 fully saturated rings. The van der Waals surface area contributed by atoms with Crippen molar-refractivity contribution in [1.29, 1.82) is 0 Å². The first-order valence-corrected chi connectivity index (χ1v) is 6.41. The first-order chi connectivity index (χ1) is 9.08. The fourth-order valence-corrected chi connectivity index (χ4v) is 2.39. The van der Waals surface area contributed by atoms with Crippen molar-refractivity contribution in [3.63, 3.8) is 0 Å². The van der Waals surface area contributed by atoms with Crippen LogP contribution in [0.2, 0.25) is 0 Å². The molecule has 0 unspecified atom stereocenters. The average molecular weight is 264 g/mol. The lowest BCUT2D eigenvalue weighted by atomic mass is 9.85. The zero-order valence-electron chi connectivity index (χ0n) is 11.3. The van der Waals surface area contributed by atoms with Crippen molar-refractivity contribution in [2.75, 3.05) is 14.2 Å². The lowest BCUT2D eigenvalue weighted by Crippen LogP contribution is -2.52. The van der Waals surface area contributed by atoms with Gasteiger partial charge >= 0.3 is 6.09 Å². The van der Waals surface area contributed by atoms with Crippen molar-refractivity contribution in [2.45, 2.75) is 31.5 Å². The monoisotopic (exact) mass is 264 g/mol. The number of nitrogens with one attached hydrogen (secondary N) is 1. The maximum absolute atomic E-state index is 10.5. The topological polar surface area (TPSA) is 61.8 Å². The van der Waals surface area contributed by atoms with Crippen LogP contribution in [0.25, 0.3) is 0 Å². The van der Waals surface area contributed by atoms with Crippen LogP contribution in [0.5, 0.6) is 5.75 Å². The van der Waals surface area contributed by atoms with E-state index < -0.39 is 6.09 Å². The van der Waals surface area contributed by atoms with Crippen molar-refractivity contribution in [1.82, 2.24) is 10.2 Å². The minimum Gasteiger partial charge on any atom is -0.497 e. The van der Waals surface area contributed by atoms with Crippen LogP contribution in [0.1, 0.15) is 18.4 Å². The Balaban J connectivity index is 1.78. The molecule has 5 heteroatoms. The first-order valence-electron chi connectivity index (χ1n) is 6.41. The summed E-state index contributed by atoms with van der Waals surface area (Å²) >= 11 is 0. The number of ether oxygens (including phenoxy) is 1. The molecular weight excluding hydrogens is 244 g/mol. The van der Waals surface area contributed by atoms with Crippen LogP contribution in [-0.2, 0) is 6.54 Å². The highest BCUT2D eigenvalue weighted by atomic mass is 16.5. The molecule has 0 aliphatic heterocycles. The molecule has 1 amide bonds. The first kappa shape index (κ1) is 13.7. The zero-order valence-corrected chi connectivity index (χ0v) is 11.3. The summed E-state index contributed by atoms with van der Waals surface area (Å²) in [6.07, 6.45) is 0.846. The molecule has 1 aromatic rings. The van der Waals surface area contributed by atoms with Crippen LogP contribution >= 0.6 is 0 Å². The highest BCUT2D eigenvalue weighted by Crippen LogP contribution is 2.26. The molecule has 1 aromatic carbocycles. The number of rotatable bonds is 5. The fraction of sp³-hybridized carbons (Fsp3) is 0.500. The summed E-state index contributed by atoms with van der Waals surface area (Å²) in [4.78, 5) is 12.8. The predicted octanol–water partition coefficient (Wildman–Crippen LogP) is 1.93. The number of carboxylic acid groups (broad SMARTS) is 1. The third kappa shape index (κ3) is 3.61. The Morgan fingerprint density at radius 3 is 2.58 bits per heavy atom. The number of methoxy groups -OCH3 is 1. The summed E-state index contributed by atoms with van der Waals surface area (Å²) in [7, 11) is 3.73. The normalized spacial score (nSPS) is 21.8. The molecule has 5 nitrogen and oxygen atoms in total. The number of amides is 1. The van der Waals surface area contributed by atoms with Gasteiger partial charge in [-0.05, 0) is 37.6 Å². The van der Waals surface area contributed by atoms with Crippen LogP contribution in [-0.4, -0.2) is 42.3 Å². The van der Waals surface area contributed by atoms with Crippen LogP contribution in [0, 0.1) is 0 Å². The van der Waals surface area contributed by atoms with E-state index in [1.807, 2.05) is 12.1 Å². The van der Waals surface area contributed by atoms with Gasteiger partial charge < -0.3 is 15.2 Å². The van der Waals surface area contributed by atoms with E-state index in [0.29, 0.717) is 6.04 Å². The summed E-state index contributed by atoms with van der Waals surface area (Å²) in [5, 5.41) is 11.1. The van der Waals surface area contributed by atoms with Crippen molar-refractivity contribution in [2.24, 2.45) is 0 Å². The molecule has 2 rings (SSSR count). The average Bonchev–Trinajstić information content (AvgIpc) is 2.33. The molecule has 0 spiro atoms. The fourth-order valence-electron chi connectivity index (χ4n) is 2.39. The van der Waals surface area contributed by atoms with E-state index in [-0.39, 0.29) is 6.04 Å². The lowest BCUT2D eigenvalue weighted by molar-refractivity contribution is 0.110. The second kappa shape index (κ2) is 5.93. The van der Waals surface area contributed by atoms with Gasteiger partial charge in [0, 0.05) is 18.6 Å². The van der Waals surface area contributed by atoms with Gasteiger partial charge in [-0.1, -0.05) is 12.1 Å². The number of carbonyl (C=O) groups is 1. The molecule has 0 saturated heterocycles. The minimum absolute atomic E-state index is 0.112. The lowest BCUT2D eigenvalue weighted by Gasteiger charge is -2.41. The molecule has 104 valence electrons. The Morgan fingerprint density at radius 2 is 2.05 bits per heavy atom. The van der Waals surface area contributed by atoms with Gasteiger partial charge in [0.1, 0.15) is 5.75 Å². The standard InChI is InChI=1S/C14H20N2O3/c1-16(12-7-11(8-12)15-14(17)18)9-10-3-5-13(19-2)6-4-10/h3-6,11-12,15H,7-9H2,1-2H3,(H,17,18). The molecule has 1 aliphatic carbocycles. The van der Waals surface area contributed by atoms with E-state index in [9.17, 15) is 4.79 Å². The van der Waals surface area contributed by atoms with Crippen molar-refractivity contribution < 1.29 is 14.6 Å². The van der Waals surface area contributed by atoms with Gasteiger partial charge in [0.05, 0.1) is 7.11 Å². The summed E-state index contributed by atoms with van der Waals surface area (Å²) < 4.78 is 5.13. The zero-order chi connectivity index (χ0) is 13.8. The quantitative estimate of drug-likeness (QED) is 0.853. The van der Waals surface area contributed by atoms with Crippen molar-refractivity contribution in [3.05, 3.63) is 29.8 Å². The Hall–Kier alpha value is -1.75. The largest absolute Gasteiger partial charge is 0.497 e. The summed E-state index contributed by atoms with van der Waals surface area (Å²) in [5.74, 6) is 0.862. The predicted molar refractivity (Wildman–Crippen MR) is 72.4 cm³/mol. The molecular formula is C14H20N2O3. The second-order valence-electron chi connectivity index (χ2n) is 5.03. The minimum atomic E-state index is -0.929. The summed E-state index contributed by atoms with van der Waals surface area (Å²) in [5.41, 5.74) is 1.23. The molecule has 2 N–H and O–H groups in total. The SMILES string of the molecule is COc1ccc(CN(C)C2CC(NC(=O)O)C2)cc1.